The molecule has 0 spiro atoms. The van der Waals surface area contributed by atoms with E-state index in [-0.39, 0.29) is 5.76 Å². The average Bonchev–Trinajstić information content (AvgIpc) is 2.49. The highest BCUT2D eigenvalue weighted by Gasteiger charge is 2.13. The monoisotopic (exact) mass is 284 g/mol. The Kier molecular flexibility index (Phi) is 4.61. The molecule has 108 valence electrons. The smallest absolute Gasteiger partial charge is 0.375 e. The minimum Gasteiger partial charge on any atom is -0.500 e. The molecule has 0 aliphatic carbocycles. The molecule has 2 aromatic carbocycles. The van der Waals surface area contributed by atoms with Crippen LogP contribution in [0.3, 0.4) is 0 Å². The van der Waals surface area contributed by atoms with Crippen LogP contribution in [-0.4, -0.2) is 18.2 Å². The highest BCUT2D eigenvalue weighted by Crippen LogP contribution is 2.28. The summed E-state index contributed by atoms with van der Waals surface area (Å²) in [5, 5.41) is 9.07. The first kappa shape index (κ1) is 14.7. The minimum atomic E-state index is -1.18. The number of carboxylic acids is 1. The molecule has 0 saturated carbocycles. The van der Waals surface area contributed by atoms with Crippen molar-refractivity contribution in [1.82, 2.24) is 0 Å². The number of methoxy groups -OCH3 is 1. The lowest BCUT2D eigenvalue weighted by Gasteiger charge is -2.11. The second-order valence-corrected chi connectivity index (χ2v) is 4.47. The Balaban J connectivity index is 2.36. The van der Waals surface area contributed by atoms with Crippen molar-refractivity contribution < 1.29 is 19.4 Å². The summed E-state index contributed by atoms with van der Waals surface area (Å²) in [6.07, 6.45) is 1.07. The van der Waals surface area contributed by atoms with Gasteiger partial charge >= 0.3 is 5.97 Å². The Morgan fingerprint density at radius 1 is 1.10 bits per heavy atom. The Labute approximate surface area is 123 Å². The number of benzene rings is 2. The van der Waals surface area contributed by atoms with Crippen LogP contribution in [-0.2, 0) is 9.53 Å². The fourth-order valence-corrected chi connectivity index (χ4v) is 1.86. The third kappa shape index (κ3) is 3.63. The molecule has 0 heterocycles. The lowest BCUT2D eigenvalue weighted by molar-refractivity contribution is -0.135. The summed E-state index contributed by atoms with van der Waals surface area (Å²) in [4.78, 5) is 11.1. The van der Waals surface area contributed by atoms with Gasteiger partial charge in [0.15, 0.2) is 0 Å². The van der Waals surface area contributed by atoms with Crippen LogP contribution >= 0.6 is 0 Å². The quantitative estimate of drug-likeness (QED) is 0.673. The lowest BCUT2D eigenvalue weighted by atomic mass is 10.0. The molecule has 0 aliphatic rings. The molecule has 0 aromatic heterocycles. The Morgan fingerprint density at radius 2 is 1.81 bits per heavy atom. The molecular formula is C17H16O4. The van der Waals surface area contributed by atoms with Crippen LogP contribution in [0.1, 0.15) is 5.56 Å². The molecule has 1 N–H and O–H groups in total. The molecule has 0 amide bonds. The highest BCUT2D eigenvalue weighted by molar-refractivity contribution is 5.84. The van der Waals surface area contributed by atoms with Crippen LogP contribution in [0.4, 0.5) is 0 Å². The molecule has 0 atom stereocenters. The maximum Gasteiger partial charge on any atom is 0.375 e. The zero-order valence-electron chi connectivity index (χ0n) is 11.9. The van der Waals surface area contributed by atoms with Gasteiger partial charge in [-0.25, -0.2) is 4.79 Å². The molecule has 0 fully saturated rings. The van der Waals surface area contributed by atoms with Gasteiger partial charge in [-0.15, -0.1) is 0 Å². The predicted octanol–water partition coefficient (Wildman–Crippen LogP) is 3.61. The largest absolute Gasteiger partial charge is 0.500 e. The van der Waals surface area contributed by atoms with Crippen LogP contribution in [0.2, 0.25) is 0 Å². The highest BCUT2D eigenvalue weighted by atomic mass is 16.5. The zero-order chi connectivity index (χ0) is 15.2. The first-order chi connectivity index (χ1) is 10.1. The number of rotatable bonds is 5. The Morgan fingerprint density at radius 3 is 2.43 bits per heavy atom. The molecule has 0 radical (unpaired) electrons. The van der Waals surface area contributed by atoms with E-state index in [4.69, 9.17) is 14.6 Å². The van der Waals surface area contributed by atoms with E-state index in [1.54, 1.807) is 0 Å². The van der Waals surface area contributed by atoms with Crippen molar-refractivity contribution >= 4 is 5.97 Å². The fourth-order valence-electron chi connectivity index (χ4n) is 1.86. The second kappa shape index (κ2) is 6.61. The van der Waals surface area contributed by atoms with E-state index in [0.717, 1.165) is 23.0 Å². The first-order valence-corrected chi connectivity index (χ1v) is 6.42. The van der Waals surface area contributed by atoms with Gasteiger partial charge in [-0.05, 0) is 29.7 Å². The van der Waals surface area contributed by atoms with Crippen molar-refractivity contribution in [1.29, 1.82) is 0 Å². The number of carbonyl (C=O) groups is 1. The van der Waals surface area contributed by atoms with Crippen LogP contribution < -0.4 is 4.74 Å². The molecule has 0 unspecified atom stereocenters. The van der Waals surface area contributed by atoms with E-state index in [2.05, 4.69) is 0 Å². The summed E-state index contributed by atoms with van der Waals surface area (Å²) < 4.78 is 10.2. The SMILES string of the molecule is CO/C=C(\Oc1cc(-c2ccccc2)ccc1C)C(=O)O. The lowest BCUT2D eigenvalue weighted by Crippen LogP contribution is -2.09. The van der Waals surface area contributed by atoms with Crippen LogP contribution in [0.25, 0.3) is 11.1 Å². The second-order valence-electron chi connectivity index (χ2n) is 4.47. The van der Waals surface area contributed by atoms with Crippen LogP contribution in [0.15, 0.2) is 60.6 Å². The molecule has 2 rings (SSSR count). The maximum absolute atomic E-state index is 11.1. The summed E-state index contributed by atoms with van der Waals surface area (Å²) in [7, 11) is 1.37. The van der Waals surface area contributed by atoms with E-state index >= 15 is 0 Å². The number of hydrogen-bond donors (Lipinski definition) is 1. The summed E-state index contributed by atoms with van der Waals surface area (Å²) in [5.41, 5.74) is 2.84. The molecule has 0 bridgehead atoms. The number of hydrogen-bond acceptors (Lipinski definition) is 3. The van der Waals surface area contributed by atoms with Gasteiger partial charge in [0, 0.05) is 0 Å². The standard InChI is InChI=1S/C17H16O4/c1-12-8-9-14(13-6-4-3-5-7-13)10-15(12)21-16(11-20-2)17(18)19/h3-11H,1-2H3,(H,18,19)/b16-11-. The Bertz CT molecular complexity index is 660. The van der Waals surface area contributed by atoms with Crippen LogP contribution in [0, 0.1) is 6.92 Å². The van der Waals surface area contributed by atoms with E-state index in [1.165, 1.54) is 7.11 Å². The van der Waals surface area contributed by atoms with E-state index in [1.807, 2.05) is 55.5 Å². The van der Waals surface area contributed by atoms with E-state index in [9.17, 15) is 4.79 Å². The van der Waals surface area contributed by atoms with Gasteiger partial charge < -0.3 is 14.6 Å². The topological polar surface area (TPSA) is 55.8 Å². The molecular weight excluding hydrogens is 268 g/mol. The van der Waals surface area contributed by atoms with Gasteiger partial charge in [0.2, 0.25) is 5.76 Å². The van der Waals surface area contributed by atoms with Gasteiger partial charge in [-0.1, -0.05) is 42.5 Å². The number of ether oxygens (including phenoxy) is 2. The van der Waals surface area contributed by atoms with Gasteiger partial charge in [0.05, 0.1) is 7.11 Å². The summed E-state index contributed by atoms with van der Waals surface area (Å²) >= 11 is 0. The molecule has 4 nitrogen and oxygen atoms in total. The molecule has 0 aliphatic heterocycles. The van der Waals surface area contributed by atoms with Crippen molar-refractivity contribution in [3.8, 4) is 16.9 Å². The summed E-state index contributed by atoms with van der Waals surface area (Å²) in [6.45, 7) is 1.86. The average molecular weight is 284 g/mol. The van der Waals surface area contributed by atoms with Gasteiger partial charge in [-0.3, -0.25) is 0 Å². The van der Waals surface area contributed by atoms with E-state index < -0.39 is 5.97 Å². The number of aryl methyl sites for hydroxylation is 1. The molecule has 0 saturated heterocycles. The Hall–Kier alpha value is -2.75. The third-order valence-electron chi connectivity index (χ3n) is 2.95. The zero-order valence-corrected chi connectivity index (χ0v) is 11.9. The third-order valence-corrected chi connectivity index (χ3v) is 2.95. The number of aliphatic carboxylic acids is 1. The molecule has 4 heteroatoms. The predicted molar refractivity (Wildman–Crippen MR) is 80.0 cm³/mol. The number of carboxylic acid groups (broad SMARTS) is 1. The molecule has 2 aromatic rings. The maximum atomic E-state index is 11.1. The molecule has 21 heavy (non-hydrogen) atoms. The van der Waals surface area contributed by atoms with Gasteiger partial charge in [0.25, 0.3) is 0 Å². The van der Waals surface area contributed by atoms with Crippen molar-refractivity contribution in [2.75, 3.05) is 7.11 Å². The van der Waals surface area contributed by atoms with Crippen LogP contribution in [0.5, 0.6) is 5.75 Å². The minimum absolute atomic E-state index is 0.259. The van der Waals surface area contributed by atoms with Crippen molar-refractivity contribution in [2.45, 2.75) is 6.92 Å². The van der Waals surface area contributed by atoms with Crippen molar-refractivity contribution in [2.24, 2.45) is 0 Å². The van der Waals surface area contributed by atoms with Crippen molar-refractivity contribution in [3.05, 3.63) is 66.1 Å². The normalized spacial score (nSPS) is 11.0. The summed E-state index contributed by atoms with van der Waals surface area (Å²) in [6, 6.07) is 15.5. The summed E-state index contributed by atoms with van der Waals surface area (Å²) in [5.74, 6) is -0.950. The van der Waals surface area contributed by atoms with Gasteiger partial charge in [0.1, 0.15) is 12.0 Å². The first-order valence-electron chi connectivity index (χ1n) is 6.42. The van der Waals surface area contributed by atoms with E-state index in [0.29, 0.717) is 5.75 Å². The fraction of sp³-hybridized carbons (Fsp3) is 0.118. The van der Waals surface area contributed by atoms with Crippen molar-refractivity contribution in [3.63, 3.8) is 0 Å². The van der Waals surface area contributed by atoms with Gasteiger partial charge in [-0.2, -0.15) is 0 Å².